The van der Waals surface area contributed by atoms with E-state index in [-0.39, 0.29) is 48.4 Å². The van der Waals surface area contributed by atoms with E-state index in [1.165, 1.54) is 29.2 Å². The van der Waals surface area contributed by atoms with Crippen molar-refractivity contribution in [3.8, 4) is 0 Å². The molecule has 1 heterocycles. The Bertz CT molecular complexity index is 828. The smallest absolute Gasteiger partial charge is 0.308 e. The van der Waals surface area contributed by atoms with Gasteiger partial charge < -0.3 is 15.0 Å². The first kappa shape index (κ1) is 22.2. The van der Waals surface area contributed by atoms with Crippen LogP contribution in [0, 0.1) is 16.0 Å². The van der Waals surface area contributed by atoms with Crippen LogP contribution in [0.2, 0.25) is 0 Å². The number of carbonyl (C=O) groups excluding carboxylic acids is 3. The third-order valence-corrected chi connectivity index (χ3v) is 4.43. The second kappa shape index (κ2) is 9.92. The molecule has 1 unspecified atom stereocenters. The average Bonchev–Trinajstić information content (AvgIpc) is 2.67. The molecule has 0 spiro atoms. The number of nitrogens with one attached hydrogen (secondary N) is 2. The van der Waals surface area contributed by atoms with Gasteiger partial charge in [-0.3, -0.25) is 29.8 Å². The van der Waals surface area contributed by atoms with Crippen molar-refractivity contribution in [3.05, 3.63) is 39.9 Å². The van der Waals surface area contributed by atoms with Crippen molar-refractivity contribution in [3.63, 3.8) is 0 Å². The molecule has 0 bridgehead atoms. The quantitative estimate of drug-likeness (QED) is 0.300. The Morgan fingerprint density at radius 1 is 1.41 bits per heavy atom. The van der Waals surface area contributed by atoms with Crippen LogP contribution in [0.4, 0.5) is 5.69 Å². The van der Waals surface area contributed by atoms with Crippen molar-refractivity contribution >= 4 is 40.8 Å². The molecule has 1 aliphatic heterocycles. The number of hydrogen-bond donors (Lipinski definition) is 2. The van der Waals surface area contributed by atoms with E-state index in [1.807, 2.05) is 13.8 Å². The van der Waals surface area contributed by atoms with Gasteiger partial charge in [0.1, 0.15) is 11.6 Å². The topological polar surface area (TPSA) is 131 Å². The van der Waals surface area contributed by atoms with Gasteiger partial charge in [0.25, 0.3) is 11.6 Å². The first-order valence-electron chi connectivity index (χ1n) is 8.99. The zero-order chi connectivity index (χ0) is 21.6. The molecule has 1 aliphatic rings. The van der Waals surface area contributed by atoms with E-state index in [1.54, 1.807) is 0 Å². The number of nitro groups is 1. The molecule has 156 valence electrons. The Balaban J connectivity index is 2.10. The lowest BCUT2D eigenvalue weighted by Gasteiger charge is -2.36. The Hall–Kier alpha value is -3.08. The van der Waals surface area contributed by atoms with Gasteiger partial charge in [0.2, 0.25) is 5.91 Å². The highest BCUT2D eigenvalue weighted by Gasteiger charge is 2.34. The fourth-order valence-electron chi connectivity index (χ4n) is 2.70. The van der Waals surface area contributed by atoms with Gasteiger partial charge in [-0.15, -0.1) is 0 Å². The summed E-state index contributed by atoms with van der Waals surface area (Å²) in [6, 6.07) is 4.51. The molecule has 2 rings (SSSR count). The summed E-state index contributed by atoms with van der Waals surface area (Å²) in [5, 5.41) is 16.1. The lowest BCUT2D eigenvalue weighted by atomic mass is 10.1. The highest BCUT2D eigenvalue weighted by atomic mass is 32.1. The summed E-state index contributed by atoms with van der Waals surface area (Å²) < 4.78 is 5.12. The number of carbonyl (C=O) groups is 3. The molecule has 2 amide bonds. The van der Waals surface area contributed by atoms with E-state index >= 15 is 0 Å². The van der Waals surface area contributed by atoms with Crippen molar-refractivity contribution in [1.82, 2.24) is 15.5 Å². The Morgan fingerprint density at radius 2 is 2.10 bits per heavy atom. The molecule has 1 aromatic carbocycles. The standard InChI is InChI=1S/C18H22N4O6S/c1-11(2)10-28-15(23)9-14-17(25)19-7-8-21(14)18(29)20-16(24)12-5-3-4-6-13(12)22(26)27/h3-6,11,14H,7-10H2,1-2H3,(H,19,25)(H,20,24,29). The van der Waals surface area contributed by atoms with E-state index in [4.69, 9.17) is 17.0 Å². The van der Waals surface area contributed by atoms with E-state index in [0.717, 1.165) is 0 Å². The number of nitrogens with zero attached hydrogens (tertiary/aromatic N) is 2. The van der Waals surface area contributed by atoms with Crippen LogP contribution < -0.4 is 10.6 Å². The first-order valence-corrected chi connectivity index (χ1v) is 9.40. The van der Waals surface area contributed by atoms with Crippen LogP contribution in [0.5, 0.6) is 0 Å². The number of para-hydroxylation sites is 1. The molecule has 1 saturated heterocycles. The zero-order valence-electron chi connectivity index (χ0n) is 16.0. The van der Waals surface area contributed by atoms with Gasteiger partial charge >= 0.3 is 5.97 Å². The summed E-state index contributed by atoms with van der Waals surface area (Å²) >= 11 is 5.24. The lowest BCUT2D eigenvalue weighted by Crippen LogP contribution is -2.60. The minimum absolute atomic E-state index is 0.0929. The molecule has 29 heavy (non-hydrogen) atoms. The van der Waals surface area contributed by atoms with Gasteiger partial charge in [-0.05, 0) is 24.2 Å². The molecular weight excluding hydrogens is 400 g/mol. The van der Waals surface area contributed by atoms with Crippen LogP contribution in [0.15, 0.2) is 24.3 Å². The van der Waals surface area contributed by atoms with Gasteiger partial charge in [-0.1, -0.05) is 26.0 Å². The molecule has 0 aromatic heterocycles. The molecule has 0 saturated carbocycles. The van der Waals surface area contributed by atoms with Crippen molar-refractivity contribution < 1.29 is 24.0 Å². The maximum atomic E-state index is 12.5. The van der Waals surface area contributed by atoms with Crippen LogP contribution in [0.25, 0.3) is 0 Å². The van der Waals surface area contributed by atoms with Gasteiger partial charge in [0.15, 0.2) is 5.11 Å². The van der Waals surface area contributed by atoms with Crippen LogP contribution in [0.1, 0.15) is 30.6 Å². The number of rotatable bonds is 6. The Kier molecular flexibility index (Phi) is 7.59. The molecule has 0 aliphatic carbocycles. The number of thiocarbonyl (C=S) groups is 1. The third-order valence-electron chi connectivity index (χ3n) is 4.10. The van der Waals surface area contributed by atoms with Gasteiger partial charge in [0, 0.05) is 19.2 Å². The summed E-state index contributed by atoms with van der Waals surface area (Å²) in [4.78, 5) is 48.7. The molecule has 1 atom stereocenters. The predicted octanol–water partition coefficient (Wildman–Crippen LogP) is 0.999. The second-order valence-electron chi connectivity index (χ2n) is 6.81. The normalized spacial score (nSPS) is 16.2. The number of piperazine rings is 1. The van der Waals surface area contributed by atoms with Gasteiger partial charge in [0.05, 0.1) is 18.0 Å². The maximum absolute atomic E-state index is 12.5. The Labute approximate surface area is 172 Å². The van der Waals surface area contributed by atoms with Crippen molar-refractivity contribution in [1.29, 1.82) is 0 Å². The Morgan fingerprint density at radius 3 is 2.76 bits per heavy atom. The maximum Gasteiger partial charge on any atom is 0.308 e. The fraction of sp³-hybridized carbons (Fsp3) is 0.444. The molecular formula is C18H22N4O6S. The fourth-order valence-corrected chi connectivity index (χ4v) is 3.01. The highest BCUT2D eigenvalue weighted by Crippen LogP contribution is 2.18. The van der Waals surface area contributed by atoms with Crippen LogP contribution in [-0.4, -0.2) is 58.5 Å². The largest absolute Gasteiger partial charge is 0.465 e. The van der Waals surface area contributed by atoms with Crippen molar-refractivity contribution in [2.24, 2.45) is 5.92 Å². The van der Waals surface area contributed by atoms with E-state index in [9.17, 15) is 24.5 Å². The molecule has 10 nitrogen and oxygen atoms in total. The van der Waals surface area contributed by atoms with E-state index in [2.05, 4.69) is 10.6 Å². The number of benzene rings is 1. The zero-order valence-corrected chi connectivity index (χ0v) is 16.9. The SMILES string of the molecule is CC(C)COC(=O)CC1C(=O)NCCN1C(=S)NC(=O)c1ccccc1[N+](=O)[O-]. The third kappa shape index (κ3) is 5.95. The predicted molar refractivity (Wildman–Crippen MR) is 107 cm³/mol. The summed E-state index contributed by atoms with van der Waals surface area (Å²) in [7, 11) is 0. The number of nitro benzene ring substituents is 1. The minimum Gasteiger partial charge on any atom is -0.465 e. The van der Waals surface area contributed by atoms with Crippen LogP contribution in [-0.2, 0) is 14.3 Å². The number of esters is 1. The van der Waals surface area contributed by atoms with Crippen molar-refractivity contribution in [2.75, 3.05) is 19.7 Å². The number of hydrogen-bond acceptors (Lipinski definition) is 7. The summed E-state index contributed by atoms with van der Waals surface area (Å²) in [6.07, 6.45) is -0.236. The van der Waals surface area contributed by atoms with Crippen molar-refractivity contribution in [2.45, 2.75) is 26.3 Å². The summed E-state index contributed by atoms with van der Waals surface area (Å²) in [5.74, 6) is -1.59. The number of amides is 2. The molecule has 1 aromatic rings. The summed E-state index contributed by atoms with van der Waals surface area (Å²) in [6.45, 7) is 4.55. The second-order valence-corrected chi connectivity index (χ2v) is 7.20. The molecule has 1 fully saturated rings. The molecule has 2 N–H and O–H groups in total. The minimum atomic E-state index is -0.943. The molecule has 0 radical (unpaired) electrons. The summed E-state index contributed by atoms with van der Waals surface area (Å²) in [5.41, 5.74) is -0.521. The van der Waals surface area contributed by atoms with Gasteiger partial charge in [-0.25, -0.2) is 0 Å². The van der Waals surface area contributed by atoms with Crippen LogP contribution >= 0.6 is 12.2 Å². The lowest BCUT2D eigenvalue weighted by molar-refractivity contribution is -0.385. The van der Waals surface area contributed by atoms with Gasteiger partial charge in [-0.2, -0.15) is 0 Å². The average molecular weight is 422 g/mol. The van der Waals surface area contributed by atoms with E-state index < -0.39 is 28.7 Å². The number of ether oxygens (including phenoxy) is 1. The highest BCUT2D eigenvalue weighted by molar-refractivity contribution is 7.80. The monoisotopic (exact) mass is 422 g/mol. The van der Waals surface area contributed by atoms with E-state index in [0.29, 0.717) is 0 Å². The van der Waals surface area contributed by atoms with Crippen LogP contribution in [0.3, 0.4) is 0 Å². The molecule has 11 heteroatoms. The first-order chi connectivity index (χ1) is 13.7.